The molecule has 0 spiro atoms. The number of carboxylic acid groups (broad SMARTS) is 2. The molecule has 0 unspecified atom stereocenters. The van der Waals surface area contributed by atoms with E-state index >= 15 is 0 Å². The first kappa shape index (κ1) is 32.8. The van der Waals surface area contributed by atoms with Crippen LogP contribution >= 0.6 is 0 Å². The summed E-state index contributed by atoms with van der Waals surface area (Å²) in [6.45, 7) is 0. The van der Waals surface area contributed by atoms with Gasteiger partial charge in [0.05, 0.1) is 42.5 Å². The van der Waals surface area contributed by atoms with Crippen LogP contribution in [0.5, 0.6) is 23.0 Å². The van der Waals surface area contributed by atoms with Gasteiger partial charge in [0.25, 0.3) is 5.91 Å². The highest BCUT2D eigenvalue weighted by Gasteiger charge is 2.29. The van der Waals surface area contributed by atoms with Gasteiger partial charge in [0.1, 0.15) is 40.0 Å². The summed E-state index contributed by atoms with van der Waals surface area (Å²) in [5, 5.41) is 55.0. The van der Waals surface area contributed by atoms with Gasteiger partial charge in [-0.3, -0.25) is 19.4 Å². The number of aliphatic imine (C=N–C) groups is 1. The number of nitrogens with zero attached hydrogens (tertiary/aromatic N) is 1. The van der Waals surface area contributed by atoms with Crippen LogP contribution < -0.4 is 14.8 Å². The Bertz CT molecular complexity index is 1990. The summed E-state index contributed by atoms with van der Waals surface area (Å²) in [7, 11) is 5.24. The highest BCUT2D eigenvalue weighted by Crippen LogP contribution is 2.48. The van der Waals surface area contributed by atoms with Crippen LogP contribution in [0.3, 0.4) is 0 Å². The molecule has 0 heterocycles. The van der Waals surface area contributed by atoms with Crippen molar-refractivity contribution >= 4 is 56.6 Å². The first-order valence-corrected chi connectivity index (χ1v) is 13.6. The van der Waals surface area contributed by atoms with E-state index in [0.29, 0.717) is 5.39 Å². The van der Waals surface area contributed by atoms with Crippen LogP contribution in [0.2, 0.25) is 0 Å². The molecule has 0 fully saturated rings. The second-order valence-corrected chi connectivity index (χ2v) is 10.0. The van der Waals surface area contributed by atoms with E-state index in [9.17, 15) is 44.7 Å². The molecule has 13 nitrogen and oxygen atoms in total. The molecule has 13 heteroatoms. The van der Waals surface area contributed by atoms with Crippen LogP contribution in [0.1, 0.15) is 37.4 Å². The number of aliphatic hydroxyl groups is 1. The molecule has 0 saturated carbocycles. The van der Waals surface area contributed by atoms with Crippen LogP contribution in [-0.4, -0.2) is 83.2 Å². The van der Waals surface area contributed by atoms with Gasteiger partial charge in [-0.05, 0) is 52.2 Å². The number of carbonyl (C=O) groups is 4. The second kappa shape index (κ2) is 13.3. The first-order chi connectivity index (χ1) is 21.9. The number of benzene rings is 4. The monoisotopic (exact) mass is 630 g/mol. The fraction of sp³-hybridized carbons (Fsp3) is 0.182. The zero-order chi connectivity index (χ0) is 33.9. The lowest BCUT2D eigenvalue weighted by Crippen LogP contribution is -2.29. The Morgan fingerprint density at radius 2 is 1.46 bits per heavy atom. The largest absolute Gasteiger partial charge is 0.507 e. The Morgan fingerprint density at radius 3 is 2.00 bits per heavy atom. The van der Waals surface area contributed by atoms with E-state index < -0.39 is 47.1 Å². The zero-order valence-electron chi connectivity index (χ0n) is 25.2. The molecular weight excluding hydrogens is 600 g/mol. The minimum atomic E-state index is -1.49. The van der Waals surface area contributed by atoms with Crippen molar-refractivity contribution in [3.8, 4) is 23.0 Å². The molecule has 0 saturated heterocycles. The number of aromatic hydroxyl groups is 2. The molecule has 6 N–H and O–H groups in total. The van der Waals surface area contributed by atoms with E-state index in [1.165, 1.54) is 70.8 Å². The third-order valence-electron chi connectivity index (χ3n) is 7.35. The lowest BCUT2D eigenvalue weighted by molar-refractivity contribution is -0.136. The van der Waals surface area contributed by atoms with Crippen LogP contribution in [0.4, 0.5) is 0 Å². The van der Waals surface area contributed by atoms with Crippen molar-refractivity contribution in [2.24, 2.45) is 4.99 Å². The second-order valence-electron chi connectivity index (χ2n) is 10.0. The fourth-order valence-electron chi connectivity index (χ4n) is 5.38. The van der Waals surface area contributed by atoms with E-state index in [0.717, 1.165) is 6.08 Å². The molecule has 0 aliphatic carbocycles. The molecule has 0 atom stereocenters. The third-order valence-corrected chi connectivity index (χ3v) is 7.35. The Morgan fingerprint density at radius 1 is 0.848 bits per heavy atom. The molecule has 4 aromatic carbocycles. The van der Waals surface area contributed by atoms with E-state index in [1.807, 2.05) is 0 Å². The summed E-state index contributed by atoms with van der Waals surface area (Å²) in [6.07, 6.45) is -0.0610. The van der Waals surface area contributed by atoms with Crippen molar-refractivity contribution in [1.29, 1.82) is 0 Å². The maximum absolute atomic E-state index is 13.7. The summed E-state index contributed by atoms with van der Waals surface area (Å²) < 4.78 is 11.3. The van der Waals surface area contributed by atoms with Crippen LogP contribution in [-0.2, 0) is 22.4 Å². The maximum atomic E-state index is 13.7. The van der Waals surface area contributed by atoms with Gasteiger partial charge in [0.15, 0.2) is 5.78 Å². The number of carbonyl (C=O) groups excluding carboxylic acids is 2. The van der Waals surface area contributed by atoms with Gasteiger partial charge in [-0.25, -0.2) is 4.79 Å². The Labute approximate surface area is 261 Å². The molecule has 0 aromatic heterocycles. The number of methoxy groups -OCH3 is 2. The summed E-state index contributed by atoms with van der Waals surface area (Å²) >= 11 is 0. The molecule has 238 valence electrons. The highest BCUT2D eigenvalue weighted by molar-refractivity contribution is 6.39. The fourth-order valence-corrected chi connectivity index (χ4v) is 5.38. The number of carboxylic acids is 2. The smallest absolute Gasteiger partial charge is 0.339 e. The number of ketones is 1. The van der Waals surface area contributed by atoms with Crippen LogP contribution in [0.15, 0.2) is 53.5 Å². The molecule has 1 amide bonds. The van der Waals surface area contributed by atoms with Gasteiger partial charge >= 0.3 is 11.9 Å². The number of aromatic carboxylic acids is 1. The van der Waals surface area contributed by atoms with E-state index in [-0.39, 0.29) is 67.8 Å². The quantitative estimate of drug-likeness (QED) is 0.0460. The Hall–Kier alpha value is -6.11. The number of fused-ring (bicyclic) bond motifs is 2. The van der Waals surface area contributed by atoms with Gasteiger partial charge in [-0.2, -0.15) is 0 Å². The number of para-hydroxylation sites is 1. The normalized spacial score (nSPS) is 11.8. The number of nitrogens with one attached hydrogen (secondary N) is 1. The van der Waals surface area contributed by atoms with Crippen molar-refractivity contribution in [1.82, 2.24) is 5.32 Å². The van der Waals surface area contributed by atoms with E-state index in [2.05, 4.69) is 10.3 Å². The molecule has 0 bridgehead atoms. The number of rotatable bonds is 11. The summed E-state index contributed by atoms with van der Waals surface area (Å²) in [5.41, 5.74) is -0.725. The predicted molar refractivity (Wildman–Crippen MR) is 169 cm³/mol. The van der Waals surface area contributed by atoms with Crippen molar-refractivity contribution in [2.75, 3.05) is 28.3 Å². The number of amides is 1. The van der Waals surface area contributed by atoms with Crippen molar-refractivity contribution in [2.45, 2.75) is 12.8 Å². The molecule has 46 heavy (non-hydrogen) atoms. The summed E-state index contributed by atoms with van der Waals surface area (Å²) in [4.78, 5) is 54.2. The van der Waals surface area contributed by atoms with Gasteiger partial charge in [-0.1, -0.05) is 12.1 Å². The Balaban J connectivity index is 2.11. The lowest BCUT2D eigenvalue weighted by atomic mass is 9.89. The molecule has 0 radical (unpaired) electrons. The SMILES string of the molecule is CN=C(Cc1cc2cc3cc(CC(=O)O)c(C(=O)/C=C(\O)c4ccccc4O)c(OC)c3c(OC)c2c(O)c1C(=O)O)C(=O)NC. The standard InChI is InChI=1S/C33H30N2O11/c1-34-20(32(42)35-2)12-17-10-15-9-16-11-18(13-24(39)40)25(23(38)14-22(37)19-7-5-6-8-21(19)36)30(45-3)28(16)31(46-4)26(15)29(41)27(17)33(43)44/h5-11,14,36-37,41H,12-13H2,1-4H3,(H,35,42)(H,39,40)(H,43,44)/b22-14-,34-20?. The average molecular weight is 631 g/mol. The summed E-state index contributed by atoms with van der Waals surface area (Å²) in [5.74, 6) is -6.02. The molecular formula is C33H30N2O11. The lowest BCUT2D eigenvalue weighted by Gasteiger charge is -2.20. The van der Waals surface area contributed by atoms with E-state index in [4.69, 9.17) is 9.47 Å². The number of allylic oxidation sites excluding steroid dienone is 1. The molecule has 4 aromatic rings. The maximum Gasteiger partial charge on any atom is 0.339 e. The average Bonchev–Trinajstić information content (AvgIpc) is 3.01. The molecule has 4 rings (SSSR count). The molecule has 0 aliphatic rings. The van der Waals surface area contributed by atoms with Crippen molar-refractivity contribution < 1.29 is 54.2 Å². The Kier molecular flexibility index (Phi) is 9.45. The number of phenols is 2. The van der Waals surface area contributed by atoms with Crippen molar-refractivity contribution in [3.05, 3.63) is 76.4 Å². The predicted octanol–water partition coefficient (Wildman–Crippen LogP) is 3.89. The van der Waals surface area contributed by atoms with Crippen LogP contribution in [0, 0.1) is 0 Å². The van der Waals surface area contributed by atoms with Crippen molar-refractivity contribution in [3.63, 3.8) is 0 Å². The highest BCUT2D eigenvalue weighted by atomic mass is 16.5. The van der Waals surface area contributed by atoms with Gasteiger partial charge in [0.2, 0.25) is 0 Å². The first-order valence-electron chi connectivity index (χ1n) is 13.6. The van der Waals surface area contributed by atoms with Crippen LogP contribution in [0.25, 0.3) is 27.3 Å². The topological polar surface area (TPSA) is 212 Å². The van der Waals surface area contributed by atoms with Gasteiger partial charge in [0, 0.05) is 26.6 Å². The summed E-state index contributed by atoms with van der Waals surface area (Å²) in [6, 6.07) is 10.1. The number of hydrogen-bond donors (Lipinski definition) is 6. The number of aliphatic hydroxyl groups excluding tert-OH is 1. The third kappa shape index (κ3) is 5.98. The number of hydrogen-bond acceptors (Lipinski definition) is 10. The molecule has 0 aliphatic heterocycles. The minimum Gasteiger partial charge on any atom is -0.507 e. The number of ether oxygens (including phenoxy) is 2. The van der Waals surface area contributed by atoms with Gasteiger partial charge < -0.3 is 40.3 Å². The zero-order valence-corrected chi connectivity index (χ0v) is 25.2. The number of aliphatic carboxylic acids is 1. The van der Waals surface area contributed by atoms with E-state index in [1.54, 1.807) is 0 Å². The number of phenolic OH excluding ortho intramolecular Hbond substituents is 1. The van der Waals surface area contributed by atoms with Gasteiger partial charge in [-0.15, -0.1) is 0 Å². The minimum absolute atomic E-state index is 0.00482.